The second-order valence-electron chi connectivity index (χ2n) is 5.00. The number of rotatable bonds is 2. The van der Waals surface area contributed by atoms with Gasteiger partial charge in [0.25, 0.3) is 0 Å². The van der Waals surface area contributed by atoms with Gasteiger partial charge in [-0.2, -0.15) is 0 Å². The van der Waals surface area contributed by atoms with Crippen molar-refractivity contribution in [3.63, 3.8) is 0 Å². The quantitative estimate of drug-likeness (QED) is 0.826. The Labute approximate surface area is 95.7 Å². The summed E-state index contributed by atoms with van der Waals surface area (Å²) in [6, 6.07) is 6.79. The lowest BCUT2D eigenvalue weighted by Crippen LogP contribution is -2.34. The Bertz CT molecular complexity index is 353. The third kappa shape index (κ3) is 2.42. The molecule has 16 heavy (non-hydrogen) atoms. The van der Waals surface area contributed by atoms with E-state index in [-0.39, 0.29) is 5.82 Å². The molecule has 0 aromatic heterocycles. The van der Waals surface area contributed by atoms with E-state index in [4.69, 9.17) is 0 Å². The molecular weight excluding hydrogens is 205 g/mol. The van der Waals surface area contributed by atoms with Crippen molar-refractivity contribution in [1.29, 1.82) is 0 Å². The van der Waals surface area contributed by atoms with Crippen LogP contribution in [0.2, 0.25) is 0 Å². The SMILES string of the molecule is CC1CC(O)(Cc2ccc(F)cc2)CN1C. The van der Waals surface area contributed by atoms with Crippen molar-refractivity contribution in [3.05, 3.63) is 35.6 Å². The standard InChI is InChI=1S/C13H18FNO/c1-10-7-13(16,9-15(10)2)8-11-3-5-12(14)6-4-11/h3-6,10,16H,7-9H2,1-2H3. The molecule has 1 saturated heterocycles. The van der Waals surface area contributed by atoms with Gasteiger partial charge in [0.15, 0.2) is 0 Å². The van der Waals surface area contributed by atoms with E-state index < -0.39 is 5.60 Å². The molecule has 0 saturated carbocycles. The van der Waals surface area contributed by atoms with E-state index in [1.54, 1.807) is 12.1 Å². The maximum absolute atomic E-state index is 12.7. The lowest BCUT2D eigenvalue weighted by molar-refractivity contribution is 0.0520. The Morgan fingerprint density at radius 3 is 2.56 bits per heavy atom. The molecule has 2 unspecified atom stereocenters. The van der Waals surface area contributed by atoms with Crippen LogP contribution >= 0.6 is 0 Å². The molecule has 1 fully saturated rings. The molecule has 1 heterocycles. The number of likely N-dealkylation sites (tertiary alicyclic amines) is 1. The topological polar surface area (TPSA) is 23.5 Å². The molecule has 3 heteroatoms. The monoisotopic (exact) mass is 223 g/mol. The Morgan fingerprint density at radius 2 is 2.06 bits per heavy atom. The third-order valence-corrected chi connectivity index (χ3v) is 3.42. The van der Waals surface area contributed by atoms with Gasteiger partial charge in [-0.15, -0.1) is 0 Å². The van der Waals surface area contributed by atoms with Gasteiger partial charge in [-0.25, -0.2) is 4.39 Å². The van der Waals surface area contributed by atoms with E-state index in [0.717, 1.165) is 12.0 Å². The van der Waals surface area contributed by atoms with Crippen molar-refractivity contribution in [3.8, 4) is 0 Å². The Balaban J connectivity index is 2.07. The lowest BCUT2D eigenvalue weighted by atomic mass is 9.92. The van der Waals surface area contributed by atoms with Crippen molar-refractivity contribution in [2.45, 2.75) is 31.4 Å². The highest BCUT2D eigenvalue weighted by Crippen LogP contribution is 2.28. The highest BCUT2D eigenvalue weighted by molar-refractivity contribution is 5.19. The average molecular weight is 223 g/mol. The number of likely N-dealkylation sites (N-methyl/N-ethyl adjacent to an activating group) is 1. The Kier molecular flexibility index (Phi) is 3.00. The van der Waals surface area contributed by atoms with E-state index in [2.05, 4.69) is 11.8 Å². The van der Waals surface area contributed by atoms with E-state index in [9.17, 15) is 9.50 Å². The molecule has 2 atom stereocenters. The van der Waals surface area contributed by atoms with E-state index in [1.807, 2.05) is 7.05 Å². The van der Waals surface area contributed by atoms with Gasteiger partial charge in [0.05, 0.1) is 5.60 Å². The first-order chi connectivity index (χ1) is 7.48. The molecule has 0 amide bonds. The molecule has 2 nitrogen and oxygen atoms in total. The summed E-state index contributed by atoms with van der Waals surface area (Å²) >= 11 is 0. The van der Waals surface area contributed by atoms with Gasteiger partial charge in [0, 0.05) is 19.0 Å². The normalized spacial score (nSPS) is 30.9. The fourth-order valence-corrected chi connectivity index (χ4v) is 2.50. The first-order valence-electron chi connectivity index (χ1n) is 5.66. The zero-order chi connectivity index (χ0) is 11.8. The van der Waals surface area contributed by atoms with Gasteiger partial charge in [0.1, 0.15) is 5.82 Å². The maximum Gasteiger partial charge on any atom is 0.123 e. The van der Waals surface area contributed by atoms with Crippen LogP contribution in [0.5, 0.6) is 0 Å². The molecule has 1 aromatic carbocycles. The molecule has 0 bridgehead atoms. The summed E-state index contributed by atoms with van der Waals surface area (Å²) in [4.78, 5) is 2.16. The van der Waals surface area contributed by atoms with Crippen LogP contribution in [0, 0.1) is 5.82 Å². The largest absolute Gasteiger partial charge is 0.388 e. The summed E-state index contributed by atoms with van der Waals surface area (Å²) in [5.74, 6) is -0.229. The fourth-order valence-electron chi connectivity index (χ4n) is 2.50. The maximum atomic E-state index is 12.7. The number of benzene rings is 1. The smallest absolute Gasteiger partial charge is 0.123 e. The van der Waals surface area contributed by atoms with Gasteiger partial charge < -0.3 is 10.0 Å². The minimum atomic E-state index is -0.661. The molecule has 1 aliphatic rings. The molecule has 1 N–H and O–H groups in total. The van der Waals surface area contributed by atoms with Crippen LogP contribution in [0.15, 0.2) is 24.3 Å². The summed E-state index contributed by atoms with van der Waals surface area (Å²) in [7, 11) is 2.02. The number of nitrogens with zero attached hydrogens (tertiary/aromatic N) is 1. The molecular formula is C13H18FNO. The number of β-amino-alcohol motifs (C(OH)–C–C–N with tert-alkyl or cyclic N) is 1. The van der Waals surface area contributed by atoms with Crippen LogP contribution in [0.4, 0.5) is 4.39 Å². The van der Waals surface area contributed by atoms with Crippen LogP contribution in [-0.4, -0.2) is 35.2 Å². The second kappa shape index (κ2) is 4.15. The van der Waals surface area contributed by atoms with Crippen LogP contribution in [0.25, 0.3) is 0 Å². The summed E-state index contributed by atoms with van der Waals surface area (Å²) in [5, 5.41) is 10.4. The fraction of sp³-hybridized carbons (Fsp3) is 0.538. The third-order valence-electron chi connectivity index (χ3n) is 3.42. The van der Waals surface area contributed by atoms with Gasteiger partial charge >= 0.3 is 0 Å². The predicted octanol–water partition coefficient (Wildman–Crippen LogP) is 1.82. The molecule has 88 valence electrons. The summed E-state index contributed by atoms with van der Waals surface area (Å²) < 4.78 is 12.7. The van der Waals surface area contributed by atoms with Crippen LogP contribution in [0.1, 0.15) is 18.9 Å². The van der Waals surface area contributed by atoms with Crippen molar-refractivity contribution < 1.29 is 9.50 Å². The van der Waals surface area contributed by atoms with Crippen molar-refractivity contribution in [1.82, 2.24) is 4.90 Å². The Hall–Kier alpha value is -0.930. The number of hydrogen-bond donors (Lipinski definition) is 1. The molecule has 0 aliphatic carbocycles. The van der Waals surface area contributed by atoms with Crippen LogP contribution in [0.3, 0.4) is 0 Å². The molecule has 0 radical (unpaired) electrons. The summed E-state index contributed by atoms with van der Waals surface area (Å²) in [6.07, 6.45) is 1.38. The predicted molar refractivity (Wildman–Crippen MR) is 61.8 cm³/mol. The minimum Gasteiger partial charge on any atom is -0.388 e. The van der Waals surface area contributed by atoms with E-state index >= 15 is 0 Å². The lowest BCUT2D eigenvalue weighted by Gasteiger charge is -2.22. The summed E-state index contributed by atoms with van der Waals surface area (Å²) in [5.41, 5.74) is 0.331. The van der Waals surface area contributed by atoms with Gasteiger partial charge in [0.2, 0.25) is 0 Å². The molecule has 0 spiro atoms. The van der Waals surface area contributed by atoms with Crippen LogP contribution < -0.4 is 0 Å². The van der Waals surface area contributed by atoms with Crippen molar-refractivity contribution in [2.75, 3.05) is 13.6 Å². The summed E-state index contributed by atoms with van der Waals surface area (Å²) in [6.45, 7) is 2.80. The average Bonchev–Trinajstić information content (AvgIpc) is 2.45. The van der Waals surface area contributed by atoms with E-state index in [0.29, 0.717) is 19.0 Å². The van der Waals surface area contributed by atoms with Crippen molar-refractivity contribution >= 4 is 0 Å². The molecule has 2 rings (SSSR count). The minimum absolute atomic E-state index is 0.229. The molecule has 1 aliphatic heterocycles. The zero-order valence-corrected chi connectivity index (χ0v) is 9.78. The number of halogens is 1. The van der Waals surface area contributed by atoms with Crippen molar-refractivity contribution in [2.24, 2.45) is 0 Å². The van der Waals surface area contributed by atoms with Gasteiger partial charge in [-0.1, -0.05) is 12.1 Å². The second-order valence-corrected chi connectivity index (χ2v) is 5.00. The number of hydrogen-bond acceptors (Lipinski definition) is 2. The van der Waals surface area contributed by atoms with Crippen LogP contribution in [-0.2, 0) is 6.42 Å². The van der Waals surface area contributed by atoms with Gasteiger partial charge in [-0.3, -0.25) is 0 Å². The number of aliphatic hydroxyl groups is 1. The molecule has 1 aromatic rings. The first-order valence-corrected chi connectivity index (χ1v) is 5.66. The zero-order valence-electron chi connectivity index (χ0n) is 9.78. The van der Waals surface area contributed by atoms with E-state index in [1.165, 1.54) is 12.1 Å². The Morgan fingerprint density at radius 1 is 1.44 bits per heavy atom. The van der Waals surface area contributed by atoms with Gasteiger partial charge in [-0.05, 0) is 38.1 Å². The highest BCUT2D eigenvalue weighted by atomic mass is 19.1. The highest BCUT2D eigenvalue weighted by Gasteiger charge is 2.38. The first kappa shape index (κ1) is 11.6.